The Hall–Kier alpha value is -0.290. The summed E-state index contributed by atoms with van der Waals surface area (Å²) in [5, 5.41) is 3.01. The highest BCUT2D eigenvalue weighted by atomic mass is 127. The van der Waals surface area contributed by atoms with E-state index in [1.54, 1.807) is 0 Å². The van der Waals surface area contributed by atoms with Crippen LogP contribution in [0, 0.1) is 3.77 Å². The molecule has 0 atom stereocenters. The summed E-state index contributed by atoms with van der Waals surface area (Å²) in [6, 6.07) is 3.90. The molecule has 0 unspecified atom stereocenters. The molecule has 11 heavy (non-hydrogen) atoms. The quantitative estimate of drug-likeness (QED) is 0.845. The topological polar surface area (TPSA) is 25.2 Å². The highest BCUT2D eigenvalue weighted by Gasteiger charge is 1.91. The van der Waals surface area contributed by atoms with Crippen LogP contribution in [0.2, 0.25) is 0 Å². The second kappa shape index (κ2) is 4.56. The zero-order valence-corrected chi connectivity index (χ0v) is 8.46. The maximum Gasteiger partial charge on any atom is 0.164 e. The zero-order valence-electron chi connectivity index (χ0n) is 6.30. The van der Waals surface area contributed by atoms with Crippen LogP contribution in [0.1, 0.15) is 5.76 Å². The average Bonchev–Trinajstić information content (AvgIpc) is 2.37. The minimum Gasteiger partial charge on any atom is -0.451 e. The van der Waals surface area contributed by atoms with Gasteiger partial charge in [-0.2, -0.15) is 0 Å². The number of halogens is 1. The van der Waals surface area contributed by atoms with Gasteiger partial charge in [0.25, 0.3) is 0 Å². The van der Waals surface area contributed by atoms with Gasteiger partial charge in [-0.25, -0.2) is 0 Å². The van der Waals surface area contributed by atoms with E-state index in [0.29, 0.717) is 0 Å². The molecule has 0 amide bonds. The summed E-state index contributed by atoms with van der Waals surface area (Å²) < 4.78 is 6.23. The molecule has 0 aliphatic carbocycles. The molecule has 0 bridgehead atoms. The van der Waals surface area contributed by atoms with Gasteiger partial charge in [0.2, 0.25) is 0 Å². The fourth-order valence-electron chi connectivity index (χ4n) is 0.711. The summed E-state index contributed by atoms with van der Waals surface area (Å²) in [5.41, 5.74) is 0. The predicted octanol–water partition coefficient (Wildman–Crippen LogP) is 2.12. The molecule has 0 aliphatic heterocycles. The molecule has 0 fully saturated rings. The average molecular weight is 263 g/mol. The van der Waals surface area contributed by atoms with Gasteiger partial charge in [-0.1, -0.05) is 6.08 Å². The second-order valence-electron chi connectivity index (χ2n) is 2.10. The number of furan rings is 1. The summed E-state index contributed by atoms with van der Waals surface area (Å²) in [6.45, 7) is 0.872. The van der Waals surface area contributed by atoms with Crippen molar-refractivity contribution in [2.75, 3.05) is 13.6 Å². The van der Waals surface area contributed by atoms with Crippen molar-refractivity contribution >= 4 is 28.7 Å². The van der Waals surface area contributed by atoms with Crippen molar-refractivity contribution in [3.63, 3.8) is 0 Å². The Morgan fingerprint density at radius 3 is 3.00 bits per heavy atom. The van der Waals surface area contributed by atoms with E-state index in [2.05, 4.69) is 27.9 Å². The van der Waals surface area contributed by atoms with Gasteiger partial charge in [0.05, 0.1) is 0 Å². The van der Waals surface area contributed by atoms with E-state index < -0.39 is 0 Å². The SMILES string of the molecule is CNCC=Cc1ccc(I)o1. The highest BCUT2D eigenvalue weighted by molar-refractivity contribution is 14.1. The number of hydrogen-bond acceptors (Lipinski definition) is 2. The third-order valence-electron chi connectivity index (χ3n) is 1.20. The number of hydrogen-bond donors (Lipinski definition) is 1. The first-order valence-electron chi connectivity index (χ1n) is 3.39. The highest BCUT2D eigenvalue weighted by Crippen LogP contribution is 2.10. The van der Waals surface area contributed by atoms with Gasteiger partial charge >= 0.3 is 0 Å². The van der Waals surface area contributed by atoms with E-state index >= 15 is 0 Å². The summed E-state index contributed by atoms with van der Waals surface area (Å²) >= 11 is 2.15. The molecule has 0 spiro atoms. The van der Waals surface area contributed by atoms with Gasteiger partial charge in [0, 0.05) is 6.54 Å². The molecule has 60 valence electrons. The Bertz CT molecular complexity index is 242. The zero-order chi connectivity index (χ0) is 8.10. The largest absolute Gasteiger partial charge is 0.451 e. The fourth-order valence-corrected chi connectivity index (χ4v) is 1.14. The van der Waals surface area contributed by atoms with E-state index in [1.807, 2.05) is 31.3 Å². The number of rotatable bonds is 3. The van der Waals surface area contributed by atoms with E-state index in [4.69, 9.17) is 4.42 Å². The number of likely N-dealkylation sites (N-methyl/N-ethyl adjacent to an activating group) is 1. The van der Waals surface area contributed by atoms with Gasteiger partial charge in [0.1, 0.15) is 5.76 Å². The molecule has 0 aromatic carbocycles. The van der Waals surface area contributed by atoms with Gasteiger partial charge in [-0.3, -0.25) is 0 Å². The lowest BCUT2D eigenvalue weighted by atomic mass is 10.4. The second-order valence-corrected chi connectivity index (χ2v) is 3.17. The molecular weight excluding hydrogens is 253 g/mol. The predicted molar refractivity (Wildman–Crippen MR) is 54.4 cm³/mol. The van der Waals surface area contributed by atoms with Crippen LogP contribution in [-0.4, -0.2) is 13.6 Å². The summed E-state index contributed by atoms with van der Waals surface area (Å²) in [4.78, 5) is 0. The van der Waals surface area contributed by atoms with Crippen LogP contribution in [0.5, 0.6) is 0 Å². The van der Waals surface area contributed by atoms with Crippen molar-refractivity contribution in [2.45, 2.75) is 0 Å². The maximum atomic E-state index is 5.30. The third kappa shape index (κ3) is 3.07. The van der Waals surface area contributed by atoms with Crippen LogP contribution in [0.25, 0.3) is 6.08 Å². The monoisotopic (exact) mass is 263 g/mol. The molecule has 0 aliphatic rings. The molecule has 1 heterocycles. The Morgan fingerprint density at radius 1 is 1.64 bits per heavy atom. The van der Waals surface area contributed by atoms with Crippen molar-refractivity contribution in [3.8, 4) is 0 Å². The smallest absolute Gasteiger partial charge is 0.164 e. The summed E-state index contributed by atoms with van der Waals surface area (Å²) in [6.07, 6.45) is 3.98. The fraction of sp³-hybridized carbons (Fsp3) is 0.250. The van der Waals surface area contributed by atoms with Crippen LogP contribution in [0.15, 0.2) is 22.6 Å². The van der Waals surface area contributed by atoms with Gasteiger partial charge in [0.15, 0.2) is 3.77 Å². The van der Waals surface area contributed by atoms with Gasteiger partial charge in [-0.05, 0) is 47.8 Å². The van der Waals surface area contributed by atoms with Gasteiger partial charge < -0.3 is 9.73 Å². The molecule has 3 heteroatoms. The van der Waals surface area contributed by atoms with Gasteiger partial charge in [-0.15, -0.1) is 0 Å². The molecule has 0 radical (unpaired) electrons. The maximum absolute atomic E-state index is 5.30. The van der Waals surface area contributed by atoms with Crippen LogP contribution in [-0.2, 0) is 0 Å². The minimum atomic E-state index is 0.872. The van der Waals surface area contributed by atoms with Crippen LogP contribution < -0.4 is 5.32 Å². The minimum absolute atomic E-state index is 0.872. The first-order chi connectivity index (χ1) is 5.33. The molecule has 1 aromatic heterocycles. The van der Waals surface area contributed by atoms with Crippen LogP contribution in [0.3, 0.4) is 0 Å². The molecule has 0 saturated heterocycles. The van der Waals surface area contributed by atoms with Crippen molar-refractivity contribution < 1.29 is 4.42 Å². The summed E-state index contributed by atoms with van der Waals surface area (Å²) in [7, 11) is 1.91. The molecule has 1 rings (SSSR count). The van der Waals surface area contributed by atoms with E-state index in [9.17, 15) is 0 Å². The lowest BCUT2D eigenvalue weighted by Gasteiger charge is -1.86. The lowest BCUT2D eigenvalue weighted by molar-refractivity contribution is 0.528. The van der Waals surface area contributed by atoms with Crippen LogP contribution >= 0.6 is 22.6 Å². The first kappa shape index (κ1) is 8.80. The molecule has 1 N–H and O–H groups in total. The first-order valence-corrected chi connectivity index (χ1v) is 4.47. The van der Waals surface area contributed by atoms with E-state index in [-0.39, 0.29) is 0 Å². The van der Waals surface area contributed by atoms with Crippen molar-refractivity contribution in [1.29, 1.82) is 0 Å². The number of nitrogens with one attached hydrogen (secondary N) is 1. The molecular formula is C8H10INO. The summed E-state index contributed by atoms with van der Waals surface area (Å²) in [5.74, 6) is 0.907. The van der Waals surface area contributed by atoms with Crippen LogP contribution in [0.4, 0.5) is 0 Å². The van der Waals surface area contributed by atoms with Crippen molar-refractivity contribution in [2.24, 2.45) is 0 Å². The Labute approximate surface area is 79.8 Å². The van der Waals surface area contributed by atoms with Crippen molar-refractivity contribution in [3.05, 3.63) is 27.7 Å². The third-order valence-corrected chi connectivity index (χ3v) is 1.78. The molecule has 0 saturated carbocycles. The van der Waals surface area contributed by atoms with E-state index in [0.717, 1.165) is 16.1 Å². The van der Waals surface area contributed by atoms with E-state index in [1.165, 1.54) is 0 Å². The normalized spacial score (nSPS) is 11.1. The lowest BCUT2D eigenvalue weighted by Crippen LogP contribution is -2.03. The molecule has 2 nitrogen and oxygen atoms in total. The van der Waals surface area contributed by atoms with Crippen molar-refractivity contribution in [1.82, 2.24) is 5.32 Å². The Balaban J connectivity index is 2.50. The standard InChI is InChI=1S/C8H10INO/c1-10-6-2-3-7-4-5-8(9)11-7/h2-5,10H,6H2,1H3. The molecule has 1 aromatic rings. The Kier molecular flexibility index (Phi) is 3.65. The Morgan fingerprint density at radius 2 is 2.45 bits per heavy atom.